The lowest BCUT2D eigenvalue weighted by molar-refractivity contribution is -0.154. The Balaban J connectivity index is 1.50. The number of nitrogens with one attached hydrogen (secondary N) is 1. The van der Waals surface area contributed by atoms with Crippen molar-refractivity contribution in [3.05, 3.63) is 53.3 Å². The summed E-state index contributed by atoms with van der Waals surface area (Å²) in [6.45, 7) is 8.56. The number of hydrogen-bond acceptors (Lipinski definition) is 9. The zero-order valence-electron chi connectivity index (χ0n) is 28.9. The third-order valence-corrected chi connectivity index (χ3v) is 8.59. The molecule has 0 fully saturated rings. The molecule has 2 aromatic carbocycles. The molecular weight excluding hydrogens is 638 g/mol. The Hall–Kier alpha value is -4.46. The van der Waals surface area contributed by atoms with E-state index in [9.17, 15) is 18.0 Å². The topological polar surface area (TPSA) is 145 Å². The maximum Gasteiger partial charge on any atom is 0.328 e. The van der Waals surface area contributed by atoms with Crippen LogP contribution in [0.5, 0.6) is 23.0 Å². The van der Waals surface area contributed by atoms with Gasteiger partial charge in [0.25, 0.3) is 10.0 Å². The standard InChI is InChI=1S/C34H47N5O8S/c1-8-15-44-24-17-25(45-16-13-11-9-10-12-14-32(40)47-34(2,3)4)19-26(18-24)46-30-21-29-28(38(6)33(41)39(29)7)20-27(30)36-48(42,43)31-22-37(5)23-35-31/h17-23,36H,8-16H2,1-7H3. The van der Waals surface area contributed by atoms with Crippen molar-refractivity contribution in [1.82, 2.24) is 18.7 Å². The summed E-state index contributed by atoms with van der Waals surface area (Å²) in [5, 5.41) is -0.160. The summed E-state index contributed by atoms with van der Waals surface area (Å²) in [4.78, 5) is 28.6. The quantitative estimate of drug-likeness (QED) is 0.104. The van der Waals surface area contributed by atoms with Gasteiger partial charge in [0.05, 0.1) is 36.3 Å². The fourth-order valence-corrected chi connectivity index (χ4v) is 6.06. The lowest BCUT2D eigenvalue weighted by Gasteiger charge is -2.19. The molecule has 4 aromatic rings. The predicted molar refractivity (Wildman–Crippen MR) is 184 cm³/mol. The Morgan fingerprint density at radius 2 is 1.46 bits per heavy atom. The first-order chi connectivity index (χ1) is 22.7. The van der Waals surface area contributed by atoms with E-state index in [0.29, 0.717) is 47.9 Å². The van der Waals surface area contributed by atoms with Gasteiger partial charge in [-0.2, -0.15) is 8.42 Å². The van der Waals surface area contributed by atoms with Crippen LogP contribution in [-0.4, -0.2) is 51.9 Å². The number of imidazole rings is 2. The molecule has 0 radical (unpaired) electrons. The van der Waals surface area contributed by atoms with Gasteiger partial charge in [-0.15, -0.1) is 0 Å². The molecule has 262 valence electrons. The van der Waals surface area contributed by atoms with Crippen molar-refractivity contribution < 1.29 is 32.2 Å². The van der Waals surface area contributed by atoms with Gasteiger partial charge in [0.15, 0.2) is 10.8 Å². The molecule has 0 atom stereocenters. The van der Waals surface area contributed by atoms with E-state index in [1.165, 1.54) is 26.2 Å². The van der Waals surface area contributed by atoms with Crippen molar-refractivity contribution in [1.29, 1.82) is 0 Å². The summed E-state index contributed by atoms with van der Waals surface area (Å²) in [6.07, 6.45) is 8.46. The van der Waals surface area contributed by atoms with Crippen LogP contribution in [0.4, 0.5) is 5.69 Å². The third-order valence-electron chi connectivity index (χ3n) is 7.34. The van der Waals surface area contributed by atoms with Crippen molar-refractivity contribution in [3.63, 3.8) is 0 Å². The second-order valence-electron chi connectivity index (χ2n) is 12.8. The number of anilines is 1. The number of aryl methyl sites for hydroxylation is 3. The average Bonchev–Trinajstić information content (AvgIpc) is 3.54. The van der Waals surface area contributed by atoms with E-state index in [-0.39, 0.29) is 28.1 Å². The molecule has 0 saturated carbocycles. The molecule has 0 aliphatic heterocycles. The number of carbonyl (C=O) groups is 1. The summed E-state index contributed by atoms with van der Waals surface area (Å²) in [6, 6.07) is 8.40. The number of benzene rings is 2. The van der Waals surface area contributed by atoms with Crippen molar-refractivity contribution in [2.45, 2.75) is 83.3 Å². The molecule has 13 nitrogen and oxygen atoms in total. The average molecular weight is 686 g/mol. The minimum atomic E-state index is -4.08. The zero-order chi connectivity index (χ0) is 35.1. The zero-order valence-corrected chi connectivity index (χ0v) is 29.7. The molecule has 0 spiro atoms. The fraction of sp³-hybridized carbons (Fsp3) is 0.500. The Kier molecular flexibility index (Phi) is 11.8. The number of rotatable bonds is 17. The van der Waals surface area contributed by atoms with Crippen LogP contribution in [0.15, 0.2) is 52.7 Å². The molecule has 48 heavy (non-hydrogen) atoms. The molecule has 0 bridgehead atoms. The third kappa shape index (κ3) is 9.78. The smallest absolute Gasteiger partial charge is 0.328 e. The second kappa shape index (κ2) is 15.6. The molecular formula is C34H47N5O8S. The van der Waals surface area contributed by atoms with Crippen LogP contribution in [0.25, 0.3) is 11.0 Å². The summed E-state index contributed by atoms with van der Waals surface area (Å²) in [5.41, 5.74) is 0.465. The molecule has 2 aromatic heterocycles. The lowest BCUT2D eigenvalue weighted by atomic mass is 10.1. The summed E-state index contributed by atoms with van der Waals surface area (Å²) < 4.78 is 57.2. The van der Waals surface area contributed by atoms with Gasteiger partial charge in [0.2, 0.25) is 0 Å². The minimum absolute atomic E-state index is 0.128. The summed E-state index contributed by atoms with van der Waals surface area (Å²) >= 11 is 0. The molecule has 0 saturated heterocycles. The highest BCUT2D eigenvalue weighted by Crippen LogP contribution is 2.37. The summed E-state index contributed by atoms with van der Waals surface area (Å²) in [7, 11) is 0.844. The van der Waals surface area contributed by atoms with Gasteiger partial charge >= 0.3 is 11.7 Å². The van der Waals surface area contributed by atoms with Crippen molar-refractivity contribution >= 4 is 32.7 Å². The number of aromatic nitrogens is 4. The van der Waals surface area contributed by atoms with E-state index in [4.69, 9.17) is 18.9 Å². The highest BCUT2D eigenvalue weighted by molar-refractivity contribution is 7.92. The highest BCUT2D eigenvalue weighted by Gasteiger charge is 2.22. The molecule has 4 rings (SSSR count). The van der Waals surface area contributed by atoms with Crippen LogP contribution in [-0.2, 0) is 40.7 Å². The number of hydrogen-bond donors (Lipinski definition) is 1. The normalized spacial score (nSPS) is 11.9. The minimum Gasteiger partial charge on any atom is -0.493 e. The monoisotopic (exact) mass is 685 g/mol. The fourth-order valence-electron chi connectivity index (χ4n) is 5.02. The number of unbranched alkanes of at least 4 members (excludes halogenated alkanes) is 4. The van der Waals surface area contributed by atoms with Crippen LogP contribution in [0, 0.1) is 0 Å². The van der Waals surface area contributed by atoms with E-state index in [1.54, 1.807) is 51.5 Å². The molecule has 14 heteroatoms. The van der Waals surface area contributed by atoms with Crippen LogP contribution in [0.3, 0.4) is 0 Å². The van der Waals surface area contributed by atoms with Gasteiger partial charge in [0, 0.05) is 58.0 Å². The van der Waals surface area contributed by atoms with Crippen LogP contribution >= 0.6 is 0 Å². The molecule has 1 N–H and O–H groups in total. The number of nitrogens with zero attached hydrogens (tertiary/aromatic N) is 4. The van der Waals surface area contributed by atoms with Crippen molar-refractivity contribution in [3.8, 4) is 23.0 Å². The first-order valence-corrected chi connectivity index (χ1v) is 17.7. The van der Waals surface area contributed by atoms with Crippen LogP contribution in [0.1, 0.15) is 72.6 Å². The first-order valence-electron chi connectivity index (χ1n) is 16.2. The molecule has 2 heterocycles. The van der Waals surface area contributed by atoms with Gasteiger partial charge in [0.1, 0.15) is 22.8 Å². The maximum absolute atomic E-state index is 13.3. The van der Waals surface area contributed by atoms with Gasteiger partial charge < -0.3 is 23.5 Å². The Morgan fingerprint density at radius 1 is 0.854 bits per heavy atom. The second-order valence-corrected chi connectivity index (χ2v) is 14.4. The molecule has 0 aliphatic rings. The van der Waals surface area contributed by atoms with E-state index in [0.717, 1.165) is 38.5 Å². The predicted octanol–water partition coefficient (Wildman–Crippen LogP) is 6.05. The number of esters is 1. The number of ether oxygens (including phenoxy) is 4. The highest BCUT2D eigenvalue weighted by atomic mass is 32.2. The molecule has 0 unspecified atom stereocenters. The summed E-state index contributed by atoms with van der Waals surface area (Å²) in [5.74, 6) is 1.44. The Bertz CT molecular complexity index is 1890. The largest absolute Gasteiger partial charge is 0.493 e. The Labute approximate surface area is 281 Å². The van der Waals surface area contributed by atoms with Gasteiger partial charge in [-0.3, -0.25) is 18.7 Å². The van der Waals surface area contributed by atoms with E-state index >= 15 is 0 Å². The first kappa shape index (κ1) is 36.4. The number of sulfonamides is 1. The van der Waals surface area contributed by atoms with Gasteiger partial charge in [-0.05, 0) is 46.1 Å². The van der Waals surface area contributed by atoms with Crippen molar-refractivity contribution in [2.75, 3.05) is 17.9 Å². The molecule has 0 aliphatic carbocycles. The van der Waals surface area contributed by atoms with Gasteiger partial charge in [-0.1, -0.05) is 26.2 Å². The number of fused-ring (bicyclic) bond motifs is 1. The van der Waals surface area contributed by atoms with E-state index in [2.05, 4.69) is 9.71 Å². The maximum atomic E-state index is 13.3. The van der Waals surface area contributed by atoms with E-state index < -0.39 is 15.6 Å². The van der Waals surface area contributed by atoms with Crippen LogP contribution < -0.4 is 24.6 Å². The van der Waals surface area contributed by atoms with Gasteiger partial charge in [-0.25, -0.2) is 9.78 Å². The Morgan fingerprint density at radius 3 is 2.08 bits per heavy atom. The van der Waals surface area contributed by atoms with Crippen LogP contribution in [0.2, 0.25) is 0 Å². The molecule has 0 amide bonds. The lowest BCUT2D eigenvalue weighted by Crippen LogP contribution is -2.23. The SMILES string of the molecule is CCCOc1cc(OCCCCCCCC(=O)OC(C)(C)C)cc(Oc2cc3c(cc2NS(=O)(=O)c2cn(C)cn2)n(C)c(=O)n3C)c1. The van der Waals surface area contributed by atoms with Crippen molar-refractivity contribution in [2.24, 2.45) is 21.1 Å². The number of carbonyl (C=O) groups excluding carboxylic acids is 1. The van der Waals surface area contributed by atoms with E-state index in [1.807, 2.05) is 27.7 Å².